The number of aromatic nitrogens is 1. The summed E-state index contributed by atoms with van der Waals surface area (Å²) < 4.78 is 28.3. The van der Waals surface area contributed by atoms with Crippen LogP contribution in [0.1, 0.15) is 61.8 Å². The molecule has 0 radical (unpaired) electrons. The van der Waals surface area contributed by atoms with Crippen LogP contribution in [0.4, 0.5) is 0 Å². The number of aliphatic hydroxyl groups is 2. The summed E-state index contributed by atoms with van der Waals surface area (Å²) in [4.78, 5) is 4.31. The molecule has 3 aliphatic rings. The summed E-state index contributed by atoms with van der Waals surface area (Å²) in [6, 6.07) is 11.8. The molecule has 2 fully saturated rings. The predicted molar refractivity (Wildman–Crippen MR) is 183 cm³/mol. The number of nitrogens with zero attached hydrogens (tertiary/aromatic N) is 1. The Labute approximate surface area is 286 Å². The topological polar surface area (TPSA) is 132 Å². The highest BCUT2D eigenvalue weighted by atomic mass is 16.6. The minimum atomic E-state index is -0.550. The van der Waals surface area contributed by atoms with Gasteiger partial charge in [0.05, 0.1) is 72.2 Å². The zero-order valence-electron chi connectivity index (χ0n) is 28.8. The highest BCUT2D eigenvalue weighted by Gasteiger charge is 2.63. The lowest BCUT2D eigenvalue weighted by atomic mass is 9.55. The Balaban J connectivity index is 0.859. The third-order valence-electron chi connectivity index (χ3n) is 11.2. The fourth-order valence-electron chi connectivity index (χ4n) is 8.65. The van der Waals surface area contributed by atoms with Crippen LogP contribution in [0.25, 0.3) is 0 Å². The molecule has 268 valence electrons. The van der Waals surface area contributed by atoms with Crippen molar-refractivity contribution in [2.45, 2.75) is 63.9 Å². The van der Waals surface area contributed by atoms with Crippen LogP contribution < -0.4 is 5.32 Å². The van der Waals surface area contributed by atoms with Crippen molar-refractivity contribution in [1.82, 2.24) is 10.3 Å². The summed E-state index contributed by atoms with van der Waals surface area (Å²) in [7, 11) is 0. The fraction of sp³-hybridized carbons (Fsp3) is 0.711. The van der Waals surface area contributed by atoms with Gasteiger partial charge in [-0.15, -0.1) is 0 Å². The minimum Gasteiger partial charge on any atom is -0.508 e. The summed E-state index contributed by atoms with van der Waals surface area (Å²) in [6.07, 6.45) is 7.67. The normalized spacial score (nSPS) is 27.8. The maximum atomic E-state index is 11.7. The standard InChI is InChI=1S/C38H58N2O8/c1-37-11-9-33-32-8-6-31(42)26-29(32)5-7-34(33)35(37)27-38(28-41,36(37)43)12-16-44-18-20-46-22-24-48-25-23-47-21-19-45-17-15-39-14-10-30-4-2-3-13-40-30/h2-4,6,8,13,26,33-36,39,41-43H,5,7,9-12,14-25,27-28H2,1H3/t33?,34?,35?,36-,37+,38-/m1/s1. The molecule has 2 aromatic rings. The lowest BCUT2D eigenvalue weighted by molar-refractivity contribution is -0.0793. The van der Waals surface area contributed by atoms with E-state index in [1.807, 2.05) is 36.5 Å². The van der Waals surface area contributed by atoms with Gasteiger partial charge in [-0.3, -0.25) is 4.98 Å². The largest absolute Gasteiger partial charge is 0.508 e. The number of phenolic OH excluding ortho intramolecular Hbond substituents is 1. The van der Waals surface area contributed by atoms with Crippen molar-refractivity contribution in [3.05, 3.63) is 59.4 Å². The average Bonchev–Trinajstić information content (AvgIpc) is 3.33. The van der Waals surface area contributed by atoms with E-state index in [2.05, 4.69) is 23.3 Å². The van der Waals surface area contributed by atoms with Crippen molar-refractivity contribution in [3.8, 4) is 5.75 Å². The smallest absolute Gasteiger partial charge is 0.115 e. The SMILES string of the molecule is C[C@]12CCC3c4ccc(O)cc4CCC3C1C[C@@](CO)(CCOCCOCCOCCOCCOCCNCCc1ccccn1)[C@@H]2O. The maximum Gasteiger partial charge on any atom is 0.115 e. The van der Waals surface area contributed by atoms with Crippen LogP contribution in [-0.2, 0) is 36.5 Å². The van der Waals surface area contributed by atoms with Gasteiger partial charge in [-0.05, 0) is 97.1 Å². The van der Waals surface area contributed by atoms with E-state index in [-0.39, 0.29) is 12.0 Å². The molecule has 0 spiro atoms. The zero-order valence-corrected chi connectivity index (χ0v) is 28.8. The molecule has 3 aliphatic carbocycles. The van der Waals surface area contributed by atoms with Crippen LogP contribution in [0, 0.1) is 22.7 Å². The quantitative estimate of drug-likeness (QED) is 0.137. The van der Waals surface area contributed by atoms with Crippen molar-refractivity contribution in [3.63, 3.8) is 0 Å². The van der Waals surface area contributed by atoms with Gasteiger partial charge in [-0.1, -0.05) is 19.1 Å². The summed E-state index contributed by atoms with van der Waals surface area (Å²) in [5, 5.41) is 35.6. The Morgan fingerprint density at radius 3 is 2.21 bits per heavy atom. The van der Waals surface area contributed by atoms with Crippen LogP contribution in [0.2, 0.25) is 0 Å². The van der Waals surface area contributed by atoms with E-state index < -0.39 is 11.5 Å². The second-order valence-corrected chi connectivity index (χ2v) is 14.1. The summed E-state index contributed by atoms with van der Waals surface area (Å²) in [6.45, 7) is 9.11. The van der Waals surface area contributed by atoms with E-state index in [4.69, 9.17) is 23.7 Å². The molecule has 6 atom stereocenters. The number of ether oxygens (including phenoxy) is 5. The second-order valence-electron chi connectivity index (χ2n) is 14.1. The van der Waals surface area contributed by atoms with Gasteiger partial charge in [0.2, 0.25) is 0 Å². The molecular weight excluding hydrogens is 612 g/mol. The molecule has 2 saturated carbocycles. The van der Waals surface area contributed by atoms with Crippen LogP contribution in [0.5, 0.6) is 5.75 Å². The molecule has 5 rings (SSSR count). The molecule has 48 heavy (non-hydrogen) atoms. The molecule has 0 aliphatic heterocycles. The van der Waals surface area contributed by atoms with Crippen molar-refractivity contribution in [1.29, 1.82) is 0 Å². The molecule has 4 N–H and O–H groups in total. The third kappa shape index (κ3) is 9.54. The number of rotatable bonds is 22. The molecule has 1 heterocycles. The third-order valence-corrected chi connectivity index (χ3v) is 11.2. The van der Waals surface area contributed by atoms with Crippen molar-refractivity contribution < 1.29 is 39.0 Å². The van der Waals surface area contributed by atoms with Crippen LogP contribution in [0.15, 0.2) is 42.6 Å². The predicted octanol–water partition coefficient (Wildman–Crippen LogP) is 3.90. The van der Waals surface area contributed by atoms with Crippen LogP contribution in [-0.4, -0.2) is 112 Å². The first kappa shape index (κ1) is 37.1. The zero-order chi connectivity index (χ0) is 33.7. The molecule has 0 bridgehead atoms. The monoisotopic (exact) mass is 670 g/mol. The first-order valence-corrected chi connectivity index (χ1v) is 18.1. The average molecular weight is 671 g/mol. The molecule has 1 aromatic heterocycles. The van der Waals surface area contributed by atoms with Crippen molar-refractivity contribution in [2.75, 3.05) is 85.8 Å². The lowest BCUT2D eigenvalue weighted by Gasteiger charge is -2.50. The number of hydrogen-bond acceptors (Lipinski definition) is 10. The van der Waals surface area contributed by atoms with E-state index in [9.17, 15) is 15.3 Å². The number of aromatic hydroxyl groups is 1. The number of aryl methyl sites for hydroxylation is 1. The van der Waals surface area contributed by atoms with Gasteiger partial charge in [-0.2, -0.15) is 0 Å². The molecule has 10 heteroatoms. The molecule has 0 amide bonds. The number of benzene rings is 1. The first-order chi connectivity index (χ1) is 23.5. The highest BCUT2D eigenvalue weighted by Crippen LogP contribution is 2.66. The number of fused-ring (bicyclic) bond motifs is 5. The van der Waals surface area contributed by atoms with Gasteiger partial charge in [0.25, 0.3) is 0 Å². The van der Waals surface area contributed by atoms with Gasteiger partial charge in [-0.25, -0.2) is 0 Å². The Morgan fingerprint density at radius 2 is 1.54 bits per heavy atom. The lowest BCUT2D eigenvalue weighted by Crippen LogP contribution is -2.46. The van der Waals surface area contributed by atoms with E-state index in [1.165, 1.54) is 11.1 Å². The van der Waals surface area contributed by atoms with Crippen molar-refractivity contribution >= 4 is 0 Å². The maximum absolute atomic E-state index is 11.7. The Kier molecular flexibility index (Phi) is 14.5. The Hall–Kier alpha value is -2.15. The van der Waals surface area contributed by atoms with E-state index in [1.54, 1.807) is 0 Å². The first-order valence-electron chi connectivity index (χ1n) is 18.1. The molecule has 10 nitrogen and oxygen atoms in total. The molecule has 1 aromatic carbocycles. The van der Waals surface area contributed by atoms with Gasteiger partial charge in [0.1, 0.15) is 5.75 Å². The Bertz CT molecular complexity index is 1220. The Morgan fingerprint density at radius 1 is 0.854 bits per heavy atom. The highest BCUT2D eigenvalue weighted by molar-refractivity contribution is 5.40. The number of pyridine rings is 1. The minimum absolute atomic E-state index is 0.0264. The summed E-state index contributed by atoms with van der Waals surface area (Å²) >= 11 is 0. The van der Waals surface area contributed by atoms with E-state index in [0.717, 1.165) is 57.3 Å². The number of aliphatic hydroxyl groups excluding tert-OH is 2. The van der Waals surface area contributed by atoms with E-state index in [0.29, 0.717) is 96.0 Å². The summed E-state index contributed by atoms with van der Waals surface area (Å²) in [5.74, 6) is 1.66. The van der Waals surface area contributed by atoms with Crippen LogP contribution in [0.3, 0.4) is 0 Å². The number of phenols is 1. The number of nitrogens with one attached hydrogen (secondary N) is 1. The van der Waals surface area contributed by atoms with Gasteiger partial charge in [0, 0.05) is 43.4 Å². The number of hydrogen-bond donors (Lipinski definition) is 4. The summed E-state index contributed by atoms with van der Waals surface area (Å²) in [5.41, 5.74) is 3.00. The van der Waals surface area contributed by atoms with Gasteiger partial charge < -0.3 is 44.3 Å². The van der Waals surface area contributed by atoms with Crippen molar-refractivity contribution in [2.24, 2.45) is 22.7 Å². The molecule has 0 saturated heterocycles. The van der Waals surface area contributed by atoms with Gasteiger partial charge >= 0.3 is 0 Å². The van der Waals surface area contributed by atoms with Crippen LogP contribution >= 0.6 is 0 Å². The fourth-order valence-corrected chi connectivity index (χ4v) is 8.65. The second kappa shape index (κ2) is 18.7. The van der Waals surface area contributed by atoms with E-state index >= 15 is 0 Å². The molecule has 3 unspecified atom stereocenters. The van der Waals surface area contributed by atoms with Gasteiger partial charge in [0.15, 0.2) is 0 Å². The molecular formula is C38H58N2O8.